The number of rotatable bonds is 7. The van der Waals surface area contributed by atoms with Crippen molar-refractivity contribution >= 4 is 28.8 Å². The zero-order valence-corrected chi connectivity index (χ0v) is 16.2. The molecule has 1 amide bonds. The highest BCUT2D eigenvalue weighted by Crippen LogP contribution is 2.22. The number of hydrogen-bond donors (Lipinski definition) is 2. The number of nitrogens with one attached hydrogen (secondary N) is 2. The molecule has 1 heterocycles. The van der Waals surface area contributed by atoms with Crippen molar-refractivity contribution in [2.24, 2.45) is 0 Å². The number of carbonyl (C=O) groups is 1. The first-order chi connectivity index (χ1) is 12.6. The molecule has 26 heavy (non-hydrogen) atoms. The van der Waals surface area contributed by atoms with Gasteiger partial charge in [-0.3, -0.25) is 4.79 Å². The Balaban J connectivity index is 1.67. The largest absolute Gasteiger partial charge is 0.340 e. The van der Waals surface area contributed by atoms with Crippen LogP contribution in [0, 0.1) is 0 Å². The molecule has 1 atom stereocenters. The molecule has 0 radical (unpaired) electrons. The van der Waals surface area contributed by atoms with E-state index >= 15 is 0 Å². The molecule has 0 saturated carbocycles. The smallest absolute Gasteiger partial charge is 0.275 e. The van der Waals surface area contributed by atoms with E-state index < -0.39 is 0 Å². The summed E-state index contributed by atoms with van der Waals surface area (Å²) in [5, 5.41) is 3.19. The Hall–Kier alpha value is -2.14. The fourth-order valence-electron chi connectivity index (χ4n) is 2.94. The van der Waals surface area contributed by atoms with E-state index in [1.165, 1.54) is 4.88 Å². The third kappa shape index (κ3) is 5.18. The number of amides is 1. The van der Waals surface area contributed by atoms with Crippen molar-refractivity contribution < 1.29 is 9.69 Å². The Morgan fingerprint density at radius 3 is 2.08 bits per heavy atom. The maximum absolute atomic E-state index is 12.7. The molecule has 0 saturated heterocycles. The molecular formula is C21H22ClN2OS+. The number of halogens is 1. The van der Waals surface area contributed by atoms with E-state index in [2.05, 4.69) is 5.32 Å². The Morgan fingerprint density at radius 2 is 1.58 bits per heavy atom. The van der Waals surface area contributed by atoms with Gasteiger partial charge >= 0.3 is 0 Å². The van der Waals surface area contributed by atoms with Crippen molar-refractivity contribution in [3.63, 3.8) is 0 Å². The van der Waals surface area contributed by atoms with Gasteiger partial charge in [0.15, 0.2) is 6.54 Å². The van der Waals surface area contributed by atoms with Crippen LogP contribution in [0.3, 0.4) is 0 Å². The predicted molar refractivity (Wildman–Crippen MR) is 108 cm³/mol. The molecule has 3 rings (SSSR count). The average Bonchev–Trinajstić information content (AvgIpc) is 3.05. The molecule has 0 fully saturated rings. The first kappa shape index (κ1) is 18.6. The standard InChI is InChI=1S/C21H21ClN2OS/c1-24(14-18-12-13-19(22)26-18)15-20(25)23-21(16-8-4-2-5-9-16)17-10-6-3-7-11-17/h2-13,21H,14-15H2,1H3,(H,23,25)/p+1. The van der Waals surface area contributed by atoms with E-state index in [1.54, 1.807) is 11.3 Å². The molecule has 0 aliphatic rings. The number of carbonyl (C=O) groups excluding carboxylic acids is 1. The molecule has 2 N–H and O–H groups in total. The van der Waals surface area contributed by atoms with Gasteiger partial charge in [0.05, 0.1) is 22.3 Å². The van der Waals surface area contributed by atoms with E-state index in [1.807, 2.05) is 79.8 Å². The van der Waals surface area contributed by atoms with Gasteiger partial charge in [-0.25, -0.2) is 0 Å². The van der Waals surface area contributed by atoms with Gasteiger partial charge in [0.1, 0.15) is 6.54 Å². The Bertz CT molecular complexity index is 796. The SMILES string of the molecule is C[NH+](CC(=O)NC(c1ccccc1)c1ccccc1)Cc1ccc(Cl)s1. The molecule has 0 spiro atoms. The normalized spacial score (nSPS) is 12.1. The lowest BCUT2D eigenvalue weighted by Gasteiger charge is -2.21. The first-order valence-corrected chi connectivity index (χ1v) is 9.76. The number of benzene rings is 2. The molecule has 1 unspecified atom stereocenters. The van der Waals surface area contributed by atoms with Crippen LogP contribution in [0.5, 0.6) is 0 Å². The van der Waals surface area contributed by atoms with Crippen LogP contribution in [0.4, 0.5) is 0 Å². The van der Waals surface area contributed by atoms with Gasteiger partial charge in [0.25, 0.3) is 5.91 Å². The number of likely N-dealkylation sites (N-methyl/N-ethyl adjacent to an activating group) is 1. The monoisotopic (exact) mass is 385 g/mol. The molecule has 0 aliphatic carbocycles. The second-order valence-corrected chi connectivity index (χ2v) is 8.14. The van der Waals surface area contributed by atoms with Crippen LogP contribution >= 0.6 is 22.9 Å². The Kier molecular flexibility index (Phi) is 6.45. The van der Waals surface area contributed by atoms with Gasteiger partial charge in [-0.15, -0.1) is 11.3 Å². The third-order valence-electron chi connectivity index (χ3n) is 4.14. The number of hydrogen-bond acceptors (Lipinski definition) is 2. The van der Waals surface area contributed by atoms with Crippen LogP contribution in [0.15, 0.2) is 72.8 Å². The summed E-state index contributed by atoms with van der Waals surface area (Å²) in [6.45, 7) is 1.19. The van der Waals surface area contributed by atoms with Gasteiger partial charge in [0.2, 0.25) is 0 Å². The lowest BCUT2D eigenvalue weighted by molar-refractivity contribution is -0.885. The summed E-state index contributed by atoms with van der Waals surface area (Å²) in [7, 11) is 2.02. The molecule has 0 aliphatic heterocycles. The van der Waals surface area contributed by atoms with E-state index in [0.29, 0.717) is 6.54 Å². The van der Waals surface area contributed by atoms with Crippen molar-refractivity contribution in [1.82, 2.24) is 5.32 Å². The molecule has 3 nitrogen and oxygen atoms in total. The fraction of sp³-hybridized carbons (Fsp3) is 0.190. The van der Waals surface area contributed by atoms with Crippen LogP contribution in [-0.2, 0) is 11.3 Å². The maximum atomic E-state index is 12.7. The maximum Gasteiger partial charge on any atom is 0.275 e. The lowest BCUT2D eigenvalue weighted by atomic mass is 9.99. The topological polar surface area (TPSA) is 33.5 Å². The minimum Gasteiger partial charge on any atom is -0.340 e. The van der Waals surface area contributed by atoms with Crippen LogP contribution in [0.25, 0.3) is 0 Å². The lowest BCUT2D eigenvalue weighted by Crippen LogP contribution is -3.08. The second kappa shape index (κ2) is 8.99. The molecule has 5 heteroatoms. The van der Waals surface area contributed by atoms with Crippen LogP contribution < -0.4 is 10.2 Å². The van der Waals surface area contributed by atoms with Crippen molar-refractivity contribution in [2.45, 2.75) is 12.6 Å². The summed E-state index contributed by atoms with van der Waals surface area (Å²) in [5.41, 5.74) is 2.16. The van der Waals surface area contributed by atoms with Gasteiger partial charge in [-0.1, -0.05) is 72.3 Å². The highest BCUT2D eigenvalue weighted by Gasteiger charge is 2.19. The predicted octanol–water partition coefficient (Wildman–Crippen LogP) is 3.32. The van der Waals surface area contributed by atoms with E-state index in [4.69, 9.17) is 11.6 Å². The van der Waals surface area contributed by atoms with Crippen LogP contribution in [-0.4, -0.2) is 19.5 Å². The van der Waals surface area contributed by atoms with Crippen molar-refractivity contribution in [3.8, 4) is 0 Å². The zero-order chi connectivity index (χ0) is 18.4. The van der Waals surface area contributed by atoms with Crippen LogP contribution in [0.2, 0.25) is 4.34 Å². The van der Waals surface area contributed by atoms with Crippen molar-refractivity contribution in [1.29, 1.82) is 0 Å². The summed E-state index contributed by atoms with van der Waals surface area (Å²) in [6, 6.07) is 23.9. The van der Waals surface area contributed by atoms with Crippen molar-refractivity contribution in [3.05, 3.63) is 93.1 Å². The Morgan fingerprint density at radius 1 is 1.00 bits per heavy atom. The summed E-state index contributed by atoms with van der Waals surface area (Å²) < 4.78 is 0.783. The molecular weight excluding hydrogens is 364 g/mol. The quantitative estimate of drug-likeness (QED) is 0.642. The van der Waals surface area contributed by atoms with Crippen LogP contribution in [0.1, 0.15) is 22.0 Å². The number of quaternary nitrogens is 1. The van der Waals surface area contributed by atoms with E-state index in [0.717, 1.165) is 26.9 Å². The molecule has 3 aromatic rings. The zero-order valence-electron chi connectivity index (χ0n) is 14.6. The summed E-state index contributed by atoms with van der Waals surface area (Å²) in [4.78, 5) is 15.0. The van der Waals surface area contributed by atoms with Gasteiger partial charge in [0, 0.05) is 0 Å². The molecule has 2 aromatic carbocycles. The first-order valence-electron chi connectivity index (χ1n) is 8.56. The minimum atomic E-state index is -0.145. The van der Waals surface area contributed by atoms with E-state index in [9.17, 15) is 4.79 Å². The molecule has 1 aromatic heterocycles. The highest BCUT2D eigenvalue weighted by atomic mass is 35.5. The molecule has 0 bridgehead atoms. The second-order valence-electron chi connectivity index (χ2n) is 6.34. The highest BCUT2D eigenvalue weighted by molar-refractivity contribution is 7.16. The third-order valence-corrected chi connectivity index (χ3v) is 5.37. The summed E-state index contributed by atoms with van der Waals surface area (Å²) in [5.74, 6) is 0.0304. The van der Waals surface area contributed by atoms with Gasteiger partial charge in [-0.05, 0) is 23.3 Å². The fourth-order valence-corrected chi connectivity index (χ4v) is 4.14. The number of thiophene rings is 1. The summed E-state index contributed by atoms with van der Waals surface area (Å²) in [6.07, 6.45) is 0. The Labute approximate surface area is 163 Å². The van der Waals surface area contributed by atoms with Gasteiger partial charge in [-0.2, -0.15) is 0 Å². The van der Waals surface area contributed by atoms with E-state index in [-0.39, 0.29) is 11.9 Å². The average molecular weight is 386 g/mol. The molecule has 134 valence electrons. The summed E-state index contributed by atoms with van der Waals surface area (Å²) >= 11 is 7.55. The van der Waals surface area contributed by atoms with Crippen molar-refractivity contribution in [2.75, 3.05) is 13.6 Å². The van der Waals surface area contributed by atoms with Gasteiger partial charge < -0.3 is 10.2 Å². The minimum absolute atomic E-state index is 0.0304.